The van der Waals surface area contributed by atoms with E-state index >= 15 is 0 Å². The number of nitrogens with zero attached hydrogens (tertiary/aromatic N) is 3. The number of carbonyl (C=O) groups excluding carboxylic acids is 1. The predicted octanol–water partition coefficient (Wildman–Crippen LogP) is 2.70. The highest BCUT2D eigenvalue weighted by Crippen LogP contribution is 2.28. The molecule has 3 rings (SSSR count). The van der Waals surface area contributed by atoms with Crippen molar-refractivity contribution in [3.8, 4) is 22.5 Å². The molecule has 0 aliphatic carbocycles. The summed E-state index contributed by atoms with van der Waals surface area (Å²) in [5.74, 6) is 1.02. The fourth-order valence-electron chi connectivity index (χ4n) is 2.54. The molecule has 1 amide bonds. The molecule has 0 radical (unpaired) electrons. The summed E-state index contributed by atoms with van der Waals surface area (Å²) in [6.45, 7) is 3.71. The Hall–Kier alpha value is -3.02. The van der Waals surface area contributed by atoms with Crippen molar-refractivity contribution in [3.63, 3.8) is 0 Å². The summed E-state index contributed by atoms with van der Waals surface area (Å²) < 4.78 is 5.25. The van der Waals surface area contributed by atoms with Crippen molar-refractivity contribution in [3.05, 3.63) is 53.7 Å². The molecular weight excluding hydrogens is 304 g/mol. The van der Waals surface area contributed by atoms with Gasteiger partial charge in [0.25, 0.3) is 0 Å². The number of hydrogen-bond donors (Lipinski definition) is 1. The molecular formula is C18H18N4O2. The molecule has 0 unspecified atom stereocenters. The Balaban J connectivity index is 2.15. The zero-order chi connectivity index (χ0) is 17.1. The summed E-state index contributed by atoms with van der Waals surface area (Å²) >= 11 is 0. The first-order valence-electron chi connectivity index (χ1n) is 7.65. The molecule has 3 aromatic rings. The number of nitrogens with one attached hydrogen (secondary N) is 1. The molecule has 2 heterocycles. The van der Waals surface area contributed by atoms with Gasteiger partial charge in [-0.05, 0) is 19.9 Å². The van der Waals surface area contributed by atoms with Crippen molar-refractivity contribution in [2.45, 2.75) is 20.3 Å². The molecule has 6 nitrogen and oxygen atoms in total. The highest BCUT2D eigenvalue weighted by Gasteiger charge is 2.17. The number of rotatable bonds is 4. The number of benzene rings is 1. The van der Waals surface area contributed by atoms with Crippen LogP contribution in [-0.4, -0.2) is 28.1 Å². The van der Waals surface area contributed by atoms with Crippen LogP contribution in [0.4, 0.5) is 0 Å². The van der Waals surface area contributed by atoms with Gasteiger partial charge in [-0.1, -0.05) is 35.5 Å². The van der Waals surface area contributed by atoms with E-state index in [2.05, 4.69) is 20.4 Å². The number of aryl methyl sites for hydroxylation is 2. The van der Waals surface area contributed by atoms with E-state index in [1.165, 1.54) is 0 Å². The minimum Gasteiger partial charge on any atom is -0.361 e. The lowest BCUT2D eigenvalue weighted by Crippen LogP contribution is -2.21. The van der Waals surface area contributed by atoms with Gasteiger partial charge in [0, 0.05) is 12.6 Å². The van der Waals surface area contributed by atoms with E-state index in [4.69, 9.17) is 4.52 Å². The number of likely N-dealkylation sites (N-methyl/N-ethyl adjacent to an activating group) is 1. The summed E-state index contributed by atoms with van der Waals surface area (Å²) in [6.07, 6.45) is 0.119. The highest BCUT2D eigenvalue weighted by molar-refractivity contribution is 5.78. The Morgan fingerprint density at radius 2 is 1.83 bits per heavy atom. The lowest BCUT2D eigenvalue weighted by atomic mass is 10.1. The normalized spacial score (nSPS) is 10.6. The minimum atomic E-state index is -0.134. The molecule has 0 atom stereocenters. The van der Waals surface area contributed by atoms with Crippen molar-refractivity contribution in [1.29, 1.82) is 0 Å². The van der Waals surface area contributed by atoms with E-state index in [0.717, 1.165) is 22.5 Å². The number of amides is 1. The standard InChI is InChI=1S/C18H18N4O2/c1-11-18(12(2)24-22-11)15-9-14(13-7-5-4-6-8-13)20-16(21-15)10-17(23)19-3/h4-9H,10H2,1-3H3,(H,19,23). The van der Waals surface area contributed by atoms with Crippen LogP contribution in [0, 0.1) is 13.8 Å². The van der Waals surface area contributed by atoms with Gasteiger partial charge in [-0.2, -0.15) is 0 Å². The Bertz CT molecular complexity index is 852. The van der Waals surface area contributed by atoms with Gasteiger partial charge < -0.3 is 9.84 Å². The lowest BCUT2D eigenvalue weighted by Gasteiger charge is -2.08. The molecule has 6 heteroatoms. The monoisotopic (exact) mass is 322 g/mol. The number of hydrogen-bond acceptors (Lipinski definition) is 5. The van der Waals surface area contributed by atoms with E-state index in [1.807, 2.05) is 50.2 Å². The van der Waals surface area contributed by atoms with Crippen molar-refractivity contribution >= 4 is 5.91 Å². The van der Waals surface area contributed by atoms with Crippen LogP contribution < -0.4 is 5.32 Å². The molecule has 0 spiro atoms. The maximum absolute atomic E-state index is 11.7. The second-order valence-electron chi connectivity index (χ2n) is 5.47. The van der Waals surface area contributed by atoms with Gasteiger partial charge in [0.05, 0.1) is 29.1 Å². The number of carbonyl (C=O) groups is 1. The molecule has 0 bridgehead atoms. The highest BCUT2D eigenvalue weighted by atomic mass is 16.5. The van der Waals surface area contributed by atoms with E-state index in [1.54, 1.807) is 7.05 Å². The minimum absolute atomic E-state index is 0.119. The van der Waals surface area contributed by atoms with E-state index < -0.39 is 0 Å². The average molecular weight is 322 g/mol. The maximum atomic E-state index is 11.7. The zero-order valence-corrected chi connectivity index (χ0v) is 13.8. The van der Waals surface area contributed by atoms with Gasteiger partial charge in [-0.15, -0.1) is 0 Å². The molecule has 0 saturated heterocycles. The zero-order valence-electron chi connectivity index (χ0n) is 13.8. The molecule has 0 saturated carbocycles. The third-order valence-electron chi connectivity index (χ3n) is 3.73. The summed E-state index contributed by atoms with van der Waals surface area (Å²) in [6, 6.07) is 11.7. The van der Waals surface area contributed by atoms with Gasteiger partial charge in [-0.25, -0.2) is 9.97 Å². The van der Waals surface area contributed by atoms with Gasteiger partial charge in [0.2, 0.25) is 5.91 Å². The quantitative estimate of drug-likeness (QED) is 0.799. The predicted molar refractivity (Wildman–Crippen MR) is 90.2 cm³/mol. The summed E-state index contributed by atoms with van der Waals surface area (Å²) in [5.41, 5.74) is 4.04. The molecule has 24 heavy (non-hydrogen) atoms. The summed E-state index contributed by atoms with van der Waals surface area (Å²) in [4.78, 5) is 20.8. The third kappa shape index (κ3) is 3.17. The van der Waals surface area contributed by atoms with Gasteiger partial charge >= 0.3 is 0 Å². The first-order chi connectivity index (χ1) is 11.6. The van der Waals surface area contributed by atoms with Crippen LogP contribution in [0.2, 0.25) is 0 Å². The molecule has 0 fully saturated rings. The fraction of sp³-hybridized carbons (Fsp3) is 0.222. The average Bonchev–Trinajstić information content (AvgIpc) is 2.94. The second-order valence-corrected chi connectivity index (χ2v) is 5.47. The summed E-state index contributed by atoms with van der Waals surface area (Å²) in [7, 11) is 1.60. The Morgan fingerprint density at radius 1 is 1.12 bits per heavy atom. The second kappa shape index (κ2) is 6.62. The molecule has 2 aromatic heterocycles. The van der Waals surface area contributed by atoms with Crippen LogP contribution in [0.1, 0.15) is 17.3 Å². The van der Waals surface area contributed by atoms with Crippen molar-refractivity contribution in [2.24, 2.45) is 0 Å². The van der Waals surface area contributed by atoms with Crippen LogP contribution in [0.25, 0.3) is 22.5 Å². The Labute approximate surface area is 139 Å². The smallest absolute Gasteiger partial charge is 0.227 e. The van der Waals surface area contributed by atoms with E-state index in [0.29, 0.717) is 17.3 Å². The van der Waals surface area contributed by atoms with Gasteiger partial charge in [0.1, 0.15) is 11.6 Å². The first kappa shape index (κ1) is 15.9. The third-order valence-corrected chi connectivity index (χ3v) is 3.73. The maximum Gasteiger partial charge on any atom is 0.227 e. The van der Waals surface area contributed by atoms with Crippen LogP contribution >= 0.6 is 0 Å². The van der Waals surface area contributed by atoms with Crippen LogP contribution in [0.15, 0.2) is 40.9 Å². The van der Waals surface area contributed by atoms with Crippen molar-refractivity contribution < 1.29 is 9.32 Å². The van der Waals surface area contributed by atoms with E-state index in [9.17, 15) is 4.79 Å². The first-order valence-corrected chi connectivity index (χ1v) is 7.65. The van der Waals surface area contributed by atoms with Crippen molar-refractivity contribution in [1.82, 2.24) is 20.4 Å². The molecule has 1 N–H and O–H groups in total. The van der Waals surface area contributed by atoms with Crippen molar-refractivity contribution in [2.75, 3.05) is 7.05 Å². The summed E-state index contributed by atoms with van der Waals surface area (Å²) in [5, 5.41) is 6.59. The lowest BCUT2D eigenvalue weighted by molar-refractivity contribution is -0.120. The van der Waals surface area contributed by atoms with Gasteiger partial charge in [-0.3, -0.25) is 4.79 Å². The topological polar surface area (TPSA) is 80.9 Å². The van der Waals surface area contributed by atoms with Crippen LogP contribution in [0.5, 0.6) is 0 Å². The molecule has 0 aliphatic heterocycles. The fourth-order valence-corrected chi connectivity index (χ4v) is 2.54. The largest absolute Gasteiger partial charge is 0.361 e. The Morgan fingerprint density at radius 3 is 2.46 bits per heavy atom. The van der Waals surface area contributed by atoms with E-state index in [-0.39, 0.29) is 12.3 Å². The number of aromatic nitrogens is 3. The van der Waals surface area contributed by atoms with Crippen LogP contribution in [-0.2, 0) is 11.2 Å². The molecule has 122 valence electrons. The SMILES string of the molecule is CNC(=O)Cc1nc(-c2ccccc2)cc(-c2c(C)noc2C)n1. The molecule has 1 aromatic carbocycles. The van der Waals surface area contributed by atoms with Crippen LogP contribution in [0.3, 0.4) is 0 Å². The Kier molecular flexibility index (Phi) is 4.37. The van der Waals surface area contributed by atoms with Gasteiger partial charge in [0.15, 0.2) is 0 Å². The molecule has 0 aliphatic rings.